The summed E-state index contributed by atoms with van der Waals surface area (Å²) in [4.78, 5) is 0. The Bertz CT molecular complexity index is 308. The Morgan fingerprint density at radius 1 is 1.00 bits per heavy atom. The van der Waals surface area contributed by atoms with Crippen LogP contribution in [0.25, 0.3) is 0 Å². The van der Waals surface area contributed by atoms with Crippen LogP contribution in [-0.2, 0) is 0 Å². The molecule has 0 heterocycles. The van der Waals surface area contributed by atoms with E-state index in [0.717, 1.165) is 16.7 Å². The number of aryl methyl sites for hydroxylation is 3. The number of ether oxygens (including phenoxy) is 1. The molecule has 0 atom stereocenters. The number of hydrogen-bond donors (Lipinski definition) is 0. The lowest BCUT2D eigenvalue weighted by Crippen LogP contribution is -2.03. The van der Waals surface area contributed by atoms with Crippen molar-refractivity contribution in [1.29, 1.82) is 0 Å². The molecular weight excluding hydrogens is 174 g/mol. The van der Waals surface area contributed by atoms with Crippen molar-refractivity contribution in [2.24, 2.45) is 0 Å². The zero-order chi connectivity index (χ0) is 10.0. The third kappa shape index (κ3) is 2.41. The van der Waals surface area contributed by atoms with Crippen molar-refractivity contribution in [3.05, 3.63) is 28.8 Å². The summed E-state index contributed by atoms with van der Waals surface area (Å²) in [5.74, 6) is 0.262. The average molecular weight is 186 g/mol. The molecule has 0 bridgehead atoms. The van der Waals surface area contributed by atoms with E-state index in [1.807, 2.05) is 19.9 Å². The highest BCUT2D eigenvalue weighted by Gasteiger charge is 2.08. The Balaban J connectivity index is 3.01. The molecule has 13 heavy (non-hydrogen) atoms. The molecule has 0 aliphatic carbocycles. The second-order valence-corrected chi connectivity index (χ2v) is 3.08. The van der Waals surface area contributed by atoms with E-state index < -0.39 is 6.61 Å². The van der Waals surface area contributed by atoms with Crippen molar-refractivity contribution in [1.82, 2.24) is 0 Å². The number of halogens is 2. The summed E-state index contributed by atoms with van der Waals surface area (Å²) in [5, 5.41) is 0. The van der Waals surface area contributed by atoms with E-state index in [0.29, 0.717) is 0 Å². The highest BCUT2D eigenvalue weighted by Crippen LogP contribution is 2.23. The zero-order valence-electron chi connectivity index (χ0n) is 7.90. The lowest BCUT2D eigenvalue weighted by Gasteiger charge is -2.10. The Hall–Kier alpha value is -1.12. The second-order valence-electron chi connectivity index (χ2n) is 3.08. The summed E-state index contributed by atoms with van der Waals surface area (Å²) < 4.78 is 28.2. The van der Waals surface area contributed by atoms with Crippen LogP contribution >= 0.6 is 0 Å². The minimum absolute atomic E-state index is 0.262. The largest absolute Gasteiger partial charge is 0.435 e. The SMILES string of the molecule is Cc1cc(C)c(OC(F)F)cc1C. The van der Waals surface area contributed by atoms with Gasteiger partial charge in [0.1, 0.15) is 5.75 Å². The normalized spacial score (nSPS) is 10.6. The summed E-state index contributed by atoms with van der Waals surface area (Å²) >= 11 is 0. The van der Waals surface area contributed by atoms with E-state index in [-0.39, 0.29) is 5.75 Å². The van der Waals surface area contributed by atoms with Gasteiger partial charge in [-0.2, -0.15) is 8.78 Å². The first-order chi connectivity index (χ1) is 6.00. The van der Waals surface area contributed by atoms with Gasteiger partial charge in [0, 0.05) is 0 Å². The fourth-order valence-electron chi connectivity index (χ4n) is 1.16. The molecule has 0 aromatic heterocycles. The molecule has 0 spiro atoms. The highest BCUT2D eigenvalue weighted by atomic mass is 19.3. The number of benzene rings is 1. The van der Waals surface area contributed by atoms with Gasteiger partial charge in [-0.1, -0.05) is 6.07 Å². The molecule has 0 saturated heterocycles. The Kier molecular flexibility index (Phi) is 2.86. The van der Waals surface area contributed by atoms with Crippen molar-refractivity contribution in [2.45, 2.75) is 27.4 Å². The lowest BCUT2D eigenvalue weighted by molar-refractivity contribution is -0.0503. The van der Waals surface area contributed by atoms with E-state index in [2.05, 4.69) is 4.74 Å². The second kappa shape index (κ2) is 3.73. The maximum absolute atomic E-state index is 11.9. The van der Waals surface area contributed by atoms with Crippen LogP contribution in [0.1, 0.15) is 16.7 Å². The first kappa shape index (κ1) is 9.96. The van der Waals surface area contributed by atoms with Gasteiger partial charge in [0.2, 0.25) is 0 Å². The standard InChI is InChI=1S/C10H12F2O/c1-6-4-8(3)9(5-7(6)2)13-10(11)12/h4-5,10H,1-3H3. The predicted octanol–water partition coefficient (Wildman–Crippen LogP) is 3.21. The van der Waals surface area contributed by atoms with Crippen LogP contribution in [0, 0.1) is 20.8 Å². The fraction of sp³-hybridized carbons (Fsp3) is 0.400. The first-order valence-corrected chi connectivity index (χ1v) is 4.03. The van der Waals surface area contributed by atoms with Gasteiger partial charge in [-0.05, 0) is 43.5 Å². The summed E-state index contributed by atoms with van der Waals surface area (Å²) in [5.41, 5.74) is 2.78. The molecule has 0 N–H and O–H groups in total. The third-order valence-electron chi connectivity index (χ3n) is 2.01. The van der Waals surface area contributed by atoms with Crippen LogP contribution in [-0.4, -0.2) is 6.61 Å². The summed E-state index contributed by atoms with van der Waals surface area (Å²) in [6.45, 7) is 2.81. The zero-order valence-corrected chi connectivity index (χ0v) is 7.90. The van der Waals surface area contributed by atoms with Crippen molar-refractivity contribution in [3.63, 3.8) is 0 Å². The van der Waals surface area contributed by atoms with Crippen LogP contribution < -0.4 is 4.74 Å². The molecule has 1 nitrogen and oxygen atoms in total. The molecule has 0 radical (unpaired) electrons. The molecule has 3 heteroatoms. The number of rotatable bonds is 2. The number of alkyl halides is 2. The van der Waals surface area contributed by atoms with Crippen molar-refractivity contribution in [3.8, 4) is 5.75 Å². The van der Waals surface area contributed by atoms with Gasteiger partial charge in [0.05, 0.1) is 0 Å². The molecule has 0 saturated carbocycles. The fourth-order valence-corrected chi connectivity index (χ4v) is 1.16. The van der Waals surface area contributed by atoms with Crippen molar-refractivity contribution < 1.29 is 13.5 Å². The van der Waals surface area contributed by atoms with Gasteiger partial charge >= 0.3 is 6.61 Å². The van der Waals surface area contributed by atoms with E-state index in [4.69, 9.17) is 0 Å². The molecule has 0 amide bonds. The van der Waals surface area contributed by atoms with Crippen molar-refractivity contribution in [2.75, 3.05) is 0 Å². The van der Waals surface area contributed by atoms with E-state index >= 15 is 0 Å². The third-order valence-corrected chi connectivity index (χ3v) is 2.01. The molecule has 0 fully saturated rings. The van der Waals surface area contributed by atoms with Crippen LogP contribution in [0.15, 0.2) is 12.1 Å². The van der Waals surface area contributed by atoms with Gasteiger partial charge < -0.3 is 4.74 Å². The topological polar surface area (TPSA) is 9.23 Å². The van der Waals surface area contributed by atoms with Crippen molar-refractivity contribution >= 4 is 0 Å². The molecule has 0 aliphatic rings. The van der Waals surface area contributed by atoms with Gasteiger partial charge in [-0.15, -0.1) is 0 Å². The lowest BCUT2D eigenvalue weighted by atomic mass is 10.1. The van der Waals surface area contributed by atoms with E-state index in [1.165, 1.54) is 0 Å². The molecular formula is C10H12F2O. The van der Waals surface area contributed by atoms with Gasteiger partial charge in [-0.25, -0.2) is 0 Å². The Morgan fingerprint density at radius 3 is 2.08 bits per heavy atom. The predicted molar refractivity (Wildman–Crippen MR) is 47.3 cm³/mol. The molecule has 72 valence electrons. The average Bonchev–Trinajstić information content (AvgIpc) is 1.99. The van der Waals surface area contributed by atoms with Crippen LogP contribution in [0.3, 0.4) is 0 Å². The van der Waals surface area contributed by atoms with Gasteiger partial charge in [-0.3, -0.25) is 0 Å². The van der Waals surface area contributed by atoms with Gasteiger partial charge in [0.15, 0.2) is 0 Å². The van der Waals surface area contributed by atoms with Crippen LogP contribution in [0.4, 0.5) is 8.78 Å². The Morgan fingerprint density at radius 2 is 1.54 bits per heavy atom. The smallest absolute Gasteiger partial charge is 0.387 e. The summed E-state index contributed by atoms with van der Waals surface area (Å²) in [6.07, 6.45) is 0. The molecule has 0 aliphatic heterocycles. The number of hydrogen-bond acceptors (Lipinski definition) is 1. The maximum atomic E-state index is 11.9. The molecule has 1 rings (SSSR count). The minimum Gasteiger partial charge on any atom is -0.435 e. The van der Waals surface area contributed by atoms with E-state index in [9.17, 15) is 8.78 Å². The van der Waals surface area contributed by atoms with E-state index in [1.54, 1.807) is 13.0 Å². The quantitative estimate of drug-likeness (QED) is 0.689. The summed E-state index contributed by atoms with van der Waals surface area (Å²) in [7, 11) is 0. The molecule has 0 unspecified atom stereocenters. The van der Waals surface area contributed by atoms with Crippen LogP contribution in [0.5, 0.6) is 5.75 Å². The highest BCUT2D eigenvalue weighted by molar-refractivity contribution is 5.40. The minimum atomic E-state index is -2.75. The molecule has 1 aromatic carbocycles. The first-order valence-electron chi connectivity index (χ1n) is 4.03. The summed E-state index contributed by atoms with van der Waals surface area (Å²) in [6, 6.07) is 3.48. The maximum Gasteiger partial charge on any atom is 0.387 e. The monoisotopic (exact) mass is 186 g/mol. The molecule has 1 aromatic rings. The van der Waals surface area contributed by atoms with Crippen LogP contribution in [0.2, 0.25) is 0 Å². The van der Waals surface area contributed by atoms with Gasteiger partial charge in [0.25, 0.3) is 0 Å². The Labute approximate surface area is 76.3 Å².